The van der Waals surface area contributed by atoms with Crippen LogP contribution in [0.4, 0.5) is 14.5 Å². The van der Waals surface area contributed by atoms with Crippen LogP contribution >= 0.6 is 27.5 Å². The highest BCUT2D eigenvalue weighted by Gasteiger charge is 2.16. The summed E-state index contributed by atoms with van der Waals surface area (Å²) in [5, 5.41) is 7.93. The highest BCUT2D eigenvalue weighted by molar-refractivity contribution is 9.10. The lowest BCUT2D eigenvalue weighted by Crippen LogP contribution is -2.09. The Hall–Kier alpha value is -1.14. The van der Waals surface area contributed by atoms with Crippen molar-refractivity contribution in [3.8, 4) is 0 Å². The number of hydrogen-bond donors (Lipinski definition) is 1. The number of rotatable bonds is 5. The first kappa shape index (κ1) is 16.2. The Labute approximate surface area is 135 Å². The van der Waals surface area contributed by atoms with E-state index >= 15 is 0 Å². The molecule has 0 aliphatic carbocycles. The minimum Gasteiger partial charge on any atom is -0.376 e. The average molecular weight is 379 g/mol. The van der Waals surface area contributed by atoms with Gasteiger partial charge in [-0.05, 0) is 35.3 Å². The molecule has 0 saturated heterocycles. The standard InChI is InChI=1S/C14H15BrClF2N3/c1-3-11-13(16)12(21(4-2)20-11)7-19-14-9(15)5-8(17)6-10(14)18/h5-6,19H,3-4,7H2,1-2H3. The Balaban J connectivity index is 2.26. The number of nitrogens with one attached hydrogen (secondary N) is 1. The number of nitrogens with zero attached hydrogens (tertiary/aromatic N) is 2. The maximum atomic E-state index is 13.8. The second-order valence-electron chi connectivity index (χ2n) is 4.47. The van der Waals surface area contributed by atoms with E-state index in [0.717, 1.165) is 23.9 Å². The molecule has 0 fully saturated rings. The summed E-state index contributed by atoms with van der Waals surface area (Å²) in [6, 6.07) is 2.05. The average Bonchev–Trinajstić information content (AvgIpc) is 2.73. The van der Waals surface area contributed by atoms with Crippen LogP contribution in [0.2, 0.25) is 5.02 Å². The van der Waals surface area contributed by atoms with E-state index in [9.17, 15) is 8.78 Å². The van der Waals surface area contributed by atoms with E-state index in [2.05, 4.69) is 26.3 Å². The fourth-order valence-electron chi connectivity index (χ4n) is 2.07. The first-order chi connectivity index (χ1) is 9.97. The zero-order chi connectivity index (χ0) is 15.6. The molecule has 0 aliphatic heterocycles. The van der Waals surface area contributed by atoms with Crippen LogP contribution in [0.3, 0.4) is 0 Å². The summed E-state index contributed by atoms with van der Waals surface area (Å²) in [6.07, 6.45) is 0.730. The van der Waals surface area contributed by atoms with Crippen molar-refractivity contribution in [3.63, 3.8) is 0 Å². The quantitative estimate of drug-likeness (QED) is 0.812. The number of hydrogen-bond acceptors (Lipinski definition) is 2. The Morgan fingerprint density at radius 2 is 2.05 bits per heavy atom. The normalized spacial score (nSPS) is 11.0. The van der Waals surface area contributed by atoms with Crippen LogP contribution in [0.15, 0.2) is 16.6 Å². The fourth-order valence-corrected chi connectivity index (χ4v) is 2.95. The zero-order valence-electron chi connectivity index (χ0n) is 11.7. The lowest BCUT2D eigenvalue weighted by molar-refractivity contribution is 0.582. The zero-order valence-corrected chi connectivity index (χ0v) is 14.0. The summed E-state index contributed by atoms with van der Waals surface area (Å²) >= 11 is 9.44. The van der Waals surface area contributed by atoms with Gasteiger partial charge in [0.15, 0.2) is 0 Å². The Kier molecular flexibility index (Phi) is 5.22. The predicted octanol–water partition coefficient (Wildman–Crippen LogP) is 4.77. The SMILES string of the molecule is CCc1nn(CC)c(CNc2c(F)cc(F)cc2Br)c1Cl. The molecular weight excluding hydrogens is 364 g/mol. The van der Waals surface area contributed by atoms with Crippen LogP contribution in [0, 0.1) is 11.6 Å². The molecule has 0 atom stereocenters. The second-order valence-corrected chi connectivity index (χ2v) is 5.71. The summed E-state index contributed by atoms with van der Waals surface area (Å²) < 4.78 is 29.0. The maximum absolute atomic E-state index is 13.8. The Morgan fingerprint density at radius 3 is 2.62 bits per heavy atom. The molecule has 3 nitrogen and oxygen atoms in total. The van der Waals surface area contributed by atoms with E-state index in [1.807, 2.05) is 13.8 Å². The second kappa shape index (κ2) is 6.75. The molecule has 0 aliphatic rings. The first-order valence-corrected chi connectivity index (χ1v) is 7.77. The van der Waals surface area contributed by atoms with E-state index in [0.29, 0.717) is 22.6 Å². The minimum absolute atomic E-state index is 0.203. The van der Waals surface area contributed by atoms with Gasteiger partial charge < -0.3 is 5.32 Å². The van der Waals surface area contributed by atoms with E-state index in [1.54, 1.807) is 4.68 Å². The third-order valence-electron chi connectivity index (χ3n) is 3.13. The molecular formula is C14H15BrClF2N3. The molecule has 0 unspecified atom stereocenters. The molecule has 0 saturated carbocycles. The molecule has 1 aromatic heterocycles. The summed E-state index contributed by atoms with van der Waals surface area (Å²) in [6.45, 7) is 4.91. The molecule has 0 spiro atoms. The van der Waals surface area contributed by atoms with Gasteiger partial charge in [0.25, 0.3) is 0 Å². The molecule has 114 valence electrons. The van der Waals surface area contributed by atoms with Gasteiger partial charge in [0.05, 0.1) is 28.6 Å². The van der Waals surface area contributed by atoms with Gasteiger partial charge in [-0.1, -0.05) is 18.5 Å². The number of halogens is 4. The van der Waals surface area contributed by atoms with Crippen molar-refractivity contribution in [2.24, 2.45) is 0 Å². The van der Waals surface area contributed by atoms with E-state index in [-0.39, 0.29) is 5.69 Å². The summed E-state index contributed by atoms with van der Waals surface area (Å²) in [7, 11) is 0. The molecule has 1 heterocycles. The van der Waals surface area contributed by atoms with Gasteiger partial charge >= 0.3 is 0 Å². The summed E-state index contributed by atoms with van der Waals surface area (Å²) in [5.41, 5.74) is 1.80. The number of benzene rings is 1. The smallest absolute Gasteiger partial charge is 0.150 e. The van der Waals surface area contributed by atoms with Crippen LogP contribution in [0.25, 0.3) is 0 Å². The number of aromatic nitrogens is 2. The minimum atomic E-state index is -0.656. The van der Waals surface area contributed by atoms with E-state index < -0.39 is 11.6 Å². The fraction of sp³-hybridized carbons (Fsp3) is 0.357. The molecule has 0 amide bonds. The van der Waals surface area contributed by atoms with Crippen molar-refractivity contribution in [1.82, 2.24) is 9.78 Å². The van der Waals surface area contributed by atoms with Gasteiger partial charge in [0.2, 0.25) is 0 Å². The first-order valence-electron chi connectivity index (χ1n) is 6.60. The van der Waals surface area contributed by atoms with Crippen molar-refractivity contribution in [3.05, 3.63) is 44.7 Å². The largest absolute Gasteiger partial charge is 0.376 e. The van der Waals surface area contributed by atoms with Gasteiger partial charge in [0, 0.05) is 17.1 Å². The Bertz CT molecular complexity index is 635. The molecule has 2 rings (SSSR count). The summed E-state index contributed by atoms with van der Waals surface area (Å²) in [5.74, 6) is -1.29. The van der Waals surface area contributed by atoms with Crippen molar-refractivity contribution in [2.75, 3.05) is 5.32 Å². The third kappa shape index (κ3) is 3.37. The maximum Gasteiger partial charge on any atom is 0.150 e. The van der Waals surface area contributed by atoms with Crippen molar-refractivity contribution < 1.29 is 8.78 Å². The highest BCUT2D eigenvalue weighted by Crippen LogP contribution is 2.29. The van der Waals surface area contributed by atoms with Crippen LogP contribution < -0.4 is 5.32 Å². The molecule has 1 aromatic carbocycles. The van der Waals surface area contributed by atoms with Crippen LogP contribution in [-0.2, 0) is 19.5 Å². The van der Waals surface area contributed by atoms with Gasteiger partial charge in [0.1, 0.15) is 11.6 Å². The molecule has 7 heteroatoms. The summed E-state index contributed by atoms with van der Waals surface area (Å²) in [4.78, 5) is 0. The topological polar surface area (TPSA) is 29.9 Å². The molecule has 1 N–H and O–H groups in total. The van der Waals surface area contributed by atoms with Crippen LogP contribution in [0.5, 0.6) is 0 Å². The lowest BCUT2D eigenvalue weighted by Gasteiger charge is -2.11. The highest BCUT2D eigenvalue weighted by atomic mass is 79.9. The number of anilines is 1. The van der Waals surface area contributed by atoms with Crippen molar-refractivity contribution in [1.29, 1.82) is 0 Å². The predicted molar refractivity (Wildman–Crippen MR) is 83.7 cm³/mol. The van der Waals surface area contributed by atoms with Gasteiger partial charge in [-0.3, -0.25) is 4.68 Å². The van der Waals surface area contributed by atoms with E-state index in [4.69, 9.17) is 11.6 Å². The van der Waals surface area contributed by atoms with Gasteiger partial charge in [-0.15, -0.1) is 0 Å². The van der Waals surface area contributed by atoms with Gasteiger partial charge in [-0.2, -0.15) is 5.10 Å². The van der Waals surface area contributed by atoms with Crippen LogP contribution in [-0.4, -0.2) is 9.78 Å². The molecule has 0 radical (unpaired) electrons. The van der Waals surface area contributed by atoms with Crippen LogP contribution in [0.1, 0.15) is 25.2 Å². The van der Waals surface area contributed by atoms with E-state index in [1.165, 1.54) is 6.07 Å². The number of aryl methyl sites for hydroxylation is 2. The Morgan fingerprint density at radius 1 is 1.33 bits per heavy atom. The lowest BCUT2D eigenvalue weighted by atomic mass is 10.2. The molecule has 2 aromatic rings. The van der Waals surface area contributed by atoms with Crippen molar-refractivity contribution >= 4 is 33.2 Å². The van der Waals surface area contributed by atoms with Crippen molar-refractivity contribution in [2.45, 2.75) is 33.4 Å². The molecule has 21 heavy (non-hydrogen) atoms. The molecule has 0 bridgehead atoms. The van der Waals surface area contributed by atoms with Gasteiger partial charge in [-0.25, -0.2) is 8.78 Å². The third-order valence-corrected chi connectivity index (χ3v) is 4.20. The monoisotopic (exact) mass is 377 g/mol.